The zero-order valence-electron chi connectivity index (χ0n) is 14.4. The first-order valence-corrected chi connectivity index (χ1v) is 8.33. The summed E-state index contributed by atoms with van der Waals surface area (Å²) in [6, 6.07) is 8.16. The number of nitrogens with one attached hydrogen (secondary N) is 1. The molecule has 0 aliphatic carbocycles. The molecule has 0 spiro atoms. The van der Waals surface area contributed by atoms with Crippen molar-refractivity contribution in [2.75, 3.05) is 33.9 Å². The summed E-state index contributed by atoms with van der Waals surface area (Å²) in [5.41, 5.74) is 1.26. The van der Waals surface area contributed by atoms with Crippen LogP contribution in [0.3, 0.4) is 0 Å². The minimum Gasteiger partial charge on any atom is -0.497 e. The van der Waals surface area contributed by atoms with Gasteiger partial charge in [-0.1, -0.05) is 19.1 Å². The van der Waals surface area contributed by atoms with Crippen LogP contribution in [0.1, 0.15) is 37.7 Å². The third-order valence-corrected chi connectivity index (χ3v) is 4.60. The van der Waals surface area contributed by atoms with Crippen molar-refractivity contribution in [3.05, 3.63) is 29.8 Å². The molecule has 0 saturated carbocycles. The second kappa shape index (κ2) is 8.77. The lowest BCUT2D eigenvalue weighted by Gasteiger charge is -2.31. The van der Waals surface area contributed by atoms with E-state index in [0.717, 1.165) is 38.1 Å². The van der Waals surface area contributed by atoms with Gasteiger partial charge in [-0.2, -0.15) is 0 Å². The first-order valence-electron chi connectivity index (χ1n) is 8.33. The topological polar surface area (TPSA) is 50.8 Å². The predicted molar refractivity (Wildman–Crippen MR) is 91.0 cm³/mol. The third-order valence-electron chi connectivity index (χ3n) is 4.60. The molecule has 2 amide bonds. The quantitative estimate of drug-likeness (QED) is 0.876. The summed E-state index contributed by atoms with van der Waals surface area (Å²) in [5, 5.41) is 3.03. The van der Waals surface area contributed by atoms with Crippen molar-refractivity contribution in [3.8, 4) is 5.75 Å². The summed E-state index contributed by atoms with van der Waals surface area (Å²) < 4.78 is 10.5. The molecule has 5 heteroatoms. The van der Waals surface area contributed by atoms with Crippen LogP contribution in [0, 0.1) is 0 Å². The van der Waals surface area contributed by atoms with Gasteiger partial charge in [0, 0.05) is 26.7 Å². The van der Waals surface area contributed by atoms with Gasteiger partial charge in [0.05, 0.1) is 13.2 Å². The average molecular weight is 320 g/mol. The van der Waals surface area contributed by atoms with Gasteiger partial charge in [0.25, 0.3) is 0 Å². The van der Waals surface area contributed by atoms with Gasteiger partial charge >= 0.3 is 6.03 Å². The summed E-state index contributed by atoms with van der Waals surface area (Å²) in [4.78, 5) is 14.0. The number of benzene rings is 1. The van der Waals surface area contributed by atoms with Gasteiger partial charge < -0.3 is 19.7 Å². The van der Waals surface area contributed by atoms with Crippen molar-refractivity contribution in [2.45, 2.75) is 38.2 Å². The summed E-state index contributed by atoms with van der Waals surface area (Å²) in [5.74, 6) is 1.27. The lowest BCUT2D eigenvalue weighted by atomic mass is 9.98. The van der Waals surface area contributed by atoms with E-state index < -0.39 is 0 Å². The van der Waals surface area contributed by atoms with Crippen molar-refractivity contribution in [1.82, 2.24) is 10.2 Å². The molecule has 0 unspecified atom stereocenters. The van der Waals surface area contributed by atoms with E-state index in [9.17, 15) is 4.79 Å². The van der Waals surface area contributed by atoms with E-state index in [1.807, 2.05) is 17.0 Å². The number of hydrogen-bond acceptors (Lipinski definition) is 3. The average Bonchev–Trinajstić information content (AvgIpc) is 2.61. The highest BCUT2D eigenvalue weighted by molar-refractivity contribution is 5.74. The van der Waals surface area contributed by atoms with Crippen LogP contribution in [0.4, 0.5) is 4.79 Å². The van der Waals surface area contributed by atoms with Crippen LogP contribution in [0.15, 0.2) is 24.3 Å². The maximum absolute atomic E-state index is 12.2. The van der Waals surface area contributed by atoms with E-state index in [1.165, 1.54) is 5.56 Å². The summed E-state index contributed by atoms with van der Waals surface area (Å²) in [6.45, 7) is 4.42. The maximum atomic E-state index is 12.2. The second-order valence-corrected chi connectivity index (χ2v) is 6.12. The van der Waals surface area contributed by atoms with Crippen LogP contribution in [-0.4, -0.2) is 50.9 Å². The van der Waals surface area contributed by atoms with Gasteiger partial charge in [-0.3, -0.25) is 0 Å². The molecular weight excluding hydrogens is 292 g/mol. The Bertz CT molecular complexity index is 482. The first-order chi connectivity index (χ1) is 11.1. The van der Waals surface area contributed by atoms with E-state index in [-0.39, 0.29) is 6.03 Å². The number of ether oxygens (including phenoxy) is 2. The predicted octanol–water partition coefficient (Wildman–Crippen LogP) is 3.01. The van der Waals surface area contributed by atoms with Crippen LogP contribution in [0.2, 0.25) is 0 Å². The Kier molecular flexibility index (Phi) is 6.71. The van der Waals surface area contributed by atoms with Crippen LogP contribution in [-0.2, 0) is 4.74 Å². The van der Waals surface area contributed by atoms with Crippen molar-refractivity contribution >= 4 is 6.03 Å². The number of piperidine rings is 1. The zero-order valence-corrected chi connectivity index (χ0v) is 14.4. The van der Waals surface area contributed by atoms with Gasteiger partial charge in [-0.25, -0.2) is 4.79 Å². The minimum absolute atomic E-state index is 0.0430. The Balaban J connectivity index is 1.70. The molecule has 1 heterocycles. The van der Waals surface area contributed by atoms with E-state index >= 15 is 0 Å². The number of likely N-dealkylation sites (tertiary alicyclic amines) is 1. The number of nitrogens with zero attached hydrogens (tertiary/aromatic N) is 1. The number of hydrogen-bond donors (Lipinski definition) is 1. The molecule has 1 N–H and O–H groups in total. The first kappa shape index (κ1) is 17.6. The number of carbonyl (C=O) groups excluding carboxylic acids is 1. The number of carbonyl (C=O) groups is 1. The lowest BCUT2D eigenvalue weighted by molar-refractivity contribution is 0.0503. The molecule has 0 radical (unpaired) electrons. The van der Waals surface area contributed by atoms with E-state index in [0.29, 0.717) is 18.6 Å². The fourth-order valence-corrected chi connectivity index (χ4v) is 2.90. The van der Waals surface area contributed by atoms with Gasteiger partial charge in [0.2, 0.25) is 0 Å². The van der Waals surface area contributed by atoms with Crippen LogP contribution >= 0.6 is 0 Å². The van der Waals surface area contributed by atoms with E-state index in [2.05, 4.69) is 24.4 Å². The SMILES string of the molecule is COc1ccc([C@@H](C)CCNC(=O)N2CCC(OC)CC2)cc1. The number of methoxy groups -OCH3 is 2. The van der Waals surface area contributed by atoms with Crippen LogP contribution in [0.5, 0.6) is 5.75 Å². The van der Waals surface area contributed by atoms with Crippen molar-refractivity contribution < 1.29 is 14.3 Å². The molecule has 1 aliphatic heterocycles. The molecule has 1 fully saturated rings. The Labute approximate surface area is 139 Å². The van der Waals surface area contributed by atoms with Gasteiger partial charge in [0.1, 0.15) is 5.75 Å². The molecule has 0 aromatic heterocycles. The van der Waals surface area contributed by atoms with E-state index in [1.54, 1.807) is 14.2 Å². The zero-order chi connectivity index (χ0) is 16.7. The Morgan fingerprint density at radius 3 is 2.48 bits per heavy atom. The fourth-order valence-electron chi connectivity index (χ4n) is 2.90. The Morgan fingerprint density at radius 1 is 1.26 bits per heavy atom. The summed E-state index contributed by atoms with van der Waals surface area (Å²) in [6.07, 6.45) is 3.07. The highest BCUT2D eigenvalue weighted by Gasteiger charge is 2.22. The van der Waals surface area contributed by atoms with Crippen LogP contribution < -0.4 is 10.1 Å². The van der Waals surface area contributed by atoms with Crippen molar-refractivity contribution in [2.24, 2.45) is 0 Å². The standard InChI is InChI=1S/C18H28N2O3/c1-14(15-4-6-16(22-2)7-5-15)8-11-19-18(21)20-12-9-17(23-3)10-13-20/h4-7,14,17H,8-13H2,1-3H3,(H,19,21)/t14-/m0/s1. The normalized spacial score (nSPS) is 16.9. The molecule has 1 aliphatic rings. The molecule has 1 aromatic carbocycles. The molecular formula is C18H28N2O3. The Morgan fingerprint density at radius 2 is 1.91 bits per heavy atom. The van der Waals surface area contributed by atoms with Crippen molar-refractivity contribution in [3.63, 3.8) is 0 Å². The number of rotatable bonds is 6. The molecule has 0 bridgehead atoms. The fraction of sp³-hybridized carbons (Fsp3) is 0.611. The highest BCUT2D eigenvalue weighted by atomic mass is 16.5. The minimum atomic E-state index is 0.0430. The third kappa shape index (κ3) is 5.13. The second-order valence-electron chi connectivity index (χ2n) is 6.12. The maximum Gasteiger partial charge on any atom is 0.317 e. The summed E-state index contributed by atoms with van der Waals surface area (Å²) in [7, 11) is 3.41. The molecule has 128 valence electrons. The molecule has 2 rings (SSSR count). The van der Waals surface area contributed by atoms with E-state index in [4.69, 9.17) is 9.47 Å². The number of urea groups is 1. The molecule has 23 heavy (non-hydrogen) atoms. The highest BCUT2D eigenvalue weighted by Crippen LogP contribution is 2.21. The lowest BCUT2D eigenvalue weighted by Crippen LogP contribution is -2.46. The van der Waals surface area contributed by atoms with Gasteiger partial charge in [-0.05, 0) is 42.9 Å². The van der Waals surface area contributed by atoms with Crippen molar-refractivity contribution in [1.29, 1.82) is 0 Å². The van der Waals surface area contributed by atoms with Gasteiger partial charge in [-0.15, -0.1) is 0 Å². The molecule has 1 aromatic rings. The largest absolute Gasteiger partial charge is 0.497 e. The van der Waals surface area contributed by atoms with Crippen LogP contribution in [0.25, 0.3) is 0 Å². The van der Waals surface area contributed by atoms with Gasteiger partial charge in [0.15, 0.2) is 0 Å². The smallest absolute Gasteiger partial charge is 0.317 e. The summed E-state index contributed by atoms with van der Waals surface area (Å²) >= 11 is 0. The molecule has 1 saturated heterocycles. The Hall–Kier alpha value is -1.75. The molecule has 5 nitrogen and oxygen atoms in total. The monoisotopic (exact) mass is 320 g/mol. The molecule has 1 atom stereocenters. The number of amides is 2.